The third-order valence-corrected chi connectivity index (χ3v) is 6.88. The summed E-state index contributed by atoms with van der Waals surface area (Å²) in [4.78, 5) is 2.47. The predicted molar refractivity (Wildman–Crippen MR) is 128 cm³/mol. The molecule has 0 fully saturated rings. The van der Waals surface area contributed by atoms with Crippen molar-refractivity contribution in [3.8, 4) is 23.0 Å². The molecule has 0 amide bonds. The molecule has 0 saturated carbocycles. The van der Waals surface area contributed by atoms with Crippen LogP contribution in [0.1, 0.15) is 40.8 Å². The average molecular weight is 442 g/mol. The Balaban J connectivity index is 1.37. The second-order valence-corrected chi connectivity index (χ2v) is 8.70. The summed E-state index contributed by atoms with van der Waals surface area (Å²) in [6, 6.07) is 19.0. The third-order valence-electron chi connectivity index (χ3n) is 6.88. The SMILES string of the molecule is COc1ccc2c(c1OCCc1ccccc1)[C@@H](C)N1CCc3cc4c(cc3C1=C2)OCO4. The third kappa shape index (κ3) is 3.39. The summed E-state index contributed by atoms with van der Waals surface area (Å²) in [6.45, 7) is 4.10. The Morgan fingerprint density at radius 2 is 1.85 bits per heavy atom. The Morgan fingerprint density at radius 1 is 1.03 bits per heavy atom. The highest BCUT2D eigenvalue weighted by atomic mass is 16.7. The fourth-order valence-electron chi connectivity index (χ4n) is 5.19. The van der Waals surface area contributed by atoms with Gasteiger partial charge in [-0.25, -0.2) is 0 Å². The van der Waals surface area contributed by atoms with Crippen LogP contribution in [0.2, 0.25) is 0 Å². The molecule has 3 aromatic rings. The summed E-state index contributed by atoms with van der Waals surface area (Å²) in [5.74, 6) is 3.32. The Hall–Kier alpha value is -3.60. The van der Waals surface area contributed by atoms with Gasteiger partial charge in [0.05, 0.1) is 19.8 Å². The van der Waals surface area contributed by atoms with Gasteiger partial charge in [0.1, 0.15) is 0 Å². The van der Waals surface area contributed by atoms with Gasteiger partial charge in [0.25, 0.3) is 0 Å². The smallest absolute Gasteiger partial charge is 0.231 e. The highest BCUT2D eigenvalue weighted by molar-refractivity contribution is 5.88. The summed E-state index contributed by atoms with van der Waals surface area (Å²) in [5.41, 5.74) is 7.40. The zero-order chi connectivity index (χ0) is 22.4. The van der Waals surface area contributed by atoms with Gasteiger partial charge in [0, 0.05) is 29.8 Å². The van der Waals surface area contributed by atoms with Crippen molar-refractivity contribution in [2.24, 2.45) is 0 Å². The van der Waals surface area contributed by atoms with Crippen LogP contribution >= 0.6 is 0 Å². The van der Waals surface area contributed by atoms with Crippen LogP contribution in [0, 0.1) is 0 Å². The number of nitrogens with zero attached hydrogens (tertiary/aromatic N) is 1. The second-order valence-electron chi connectivity index (χ2n) is 8.70. The number of fused-ring (bicyclic) bond motifs is 5. The van der Waals surface area contributed by atoms with Crippen LogP contribution in [0.4, 0.5) is 0 Å². The molecule has 0 saturated heterocycles. The number of hydrogen-bond donors (Lipinski definition) is 0. The van der Waals surface area contributed by atoms with Crippen LogP contribution in [0.3, 0.4) is 0 Å². The molecular weight excluding hydrogens is 414 g/mol. The maximum atomic E-state index is 6.39. The van der Waals surface area contributed by atoms with Gasteiger partial charge in [-0.2, -0.15) is 0 Å². The summed E-state index contributed by atoms with van der Waals surface area (Å²) in [5, 5.41) is 0. The van der Waals surface area contributed by atoms with Crippen molar-refractivity contribution in [2.75, 3.05) is 27.1 Å². The normalized spacial score (nSPS) is 17.6. The van der Waals surface area contributed by atoms with E-state index < -0.39 is 0 Å². The van der Waals surface area contributed by atoms with Crippen molar-refractivity contribution in [1.82, 2.24) is 4.90 Å². The Morgan fingerprint density at radius 3 is 2.67 bits per heavy atom. The summed E-state index contributed by atoms with van der Waals surface area (Å²) in [7, 11) is 1.71. The molecular formula is C28H27NO4. The molecule has 6 rings (SSSR count). The fourth-order valence-corrected chi connectivity index (χ4v) is 5.19. The number of benzene rings is 3. The van der Waals surface area contributed by atoms with Crippen LogP contribution in [0.15, 0.2) is 54.6 Å². The van der Waals surface area contributed by atoms with E-state index in [-0.39, 0.29) is 6.04 Å². The van der Waals surface area contributed by atoms with Crippen molar-refractivity contribution in [3.05, 3.63) is 82.4 Å². The Bertz CT molecular complexity index is 1230. The topological polar surface area (TPSA) is 40.2 Å². The standard InChI is InChI=1S/C28H27NO4/c1-18-27-21(8-9-24(30-2)28(27)31-13-11-19-6-4-3-5-7-19)14-23-22-16-26-25(32-17-33-26)15-20(22)10-12-29(18)23/h3-9,14-16,18H,10-13,17H2,1-2H3/t18-/m1/s1. The molecule has 168 valence electrons. The van der Waals surface area contributed by atoms with Gasteiger partial charge in [-0.05, 0) is 54.3 Å². The second kappa shape index (κ2) is 8.07. The molecule has 5 nitrogen and oxygen atoms in total. The number of ether oxygens (including phenoxy) is 4. The number of hydrogen-bond acceptors (Lipinski definition) is 5. The molecule has 3 aromatic carbocycles. The van der Waals surface area contributed by atoms with Crippen molar-refractivity contribution < 1.29 is 18.9 Å². The number of rotatable bonds is 5. The van der Waals surface area contributed by atoms with Crippen LogP contribution < -0.4 is 18.9 Å². The van der Waals surface area contributed by atoms with E-state index >= 15 is 0 Å². The lowest BCUT2D eigenvalue weighted by molar-refractivity contribution is 0.174. The zero-order valence-corrected chi connectivity index (χ0v) is 19.0. The van der Waals surface area contributed by atoms with E-state index in [2.05, 4.69) is 60.4 Å². The molecule has 3 aliphatic rings. The summed E-state index contributed by atoms with van der Waals surface area (Å²) in [6.07, 6.45) is 4.10. The monoisotopic (exact) mass is 441 g/mol. The molecule has 0 spiro atoms. The number of methoxy groups -OCH3 is 1. The van der Waals surface area contributed by atoms with Gasteiger partial charge in [-0.1, -0.05) is 36.4 Å². The molecule has 0 bridgehead atoms. The van der Waals surface area contributed by atoms with Gasteiger partial charge in [0.15, 0.2) is 23.0 Å². The minimum Gasteiger partial charge on any atom is -0.493 e. The van der Waals surface area contributed by atoms with Gasteiger partial charge in [-0.15, -0.1) is 0 Å². The molecule has 0 unspecified atom stereocenters. The Kier molecular flexibility index (Phi) is 4.90. The van der Waals surface area contributed by atoms with E-state index in [9.17, 15) is 0 Å². The van der Waals surface area contributed by atoms with Crippen molar-refractivity contribution in [2.45, 2.75) is 25.8 Å². The first kappa shape index (κ1) is 20.0. The average Bonchev–Trinajstić information content (AvgIpc) is 3.31. The van der Waals surface area contributed by atoms with Crippen LogP contribution in [-0.4, -0.2) is 32.0 Å². The molecule has 33 heavy (non-hydrogen) atoms. The molecule has 0 N–H and O–H groups in total. The first-order valence-electron chi connectivity index (χ1n) is 11.5. The van der Waals surface area contributed by atoms with E-state index in [1.807, 2.05) is 12.1 Å². The van der Waals surface area contributed by atoms with E-state index in [0.29, 0.717) is 13.4 Å². The Labute approximate surface area is 194 Å². The maximum Gasteiger partial charge on any atom is 0.231 e. The van der Waals surface area contributed by atoms with Gasteiger partial charge in [0.2, 0.25) is 6.79 Å². The molecule has 3 aliphatic heterocycles. The first-order valence-corrected chi connectivity index (χ1v) is 11.5. The van der Waals surface area contributed by atoms with Gasteiger partial charge in [-0.3, -0.25) is 0 Å². The molecule has 1 atom stereocenters. The highest BCUT2D eigenvalue weighted by Crippen LogP contribution is 2.49. The molecule has 0 radical (unpaired) electrons. The quantitative estimate of drug-likeness (QED) is 0.525. The fraction of sp³-hybridized carbons (Fsp3) is 0.286. The lowest BCUT2D eigenvalue weighted by Crippen LogP contribution is -2.34. The summed E-state index contributed by atoms with van der Waals surface area (Å²) < 4.78 is 23.4. The molecule has 0 aliphatic carbocycles. The van der Waals surface area contributed by atoms with Crippen molar-refractivity contribution >= 4 is 11.8 Å². The van der Waals surface area contributed by atoms with E-state index in [1.165, 1.54) is 33.5 Å². The van der Waals surface area contributed by atoms with Crippen LogP contribution in [0.5, 0.6) is 23.0 Å². The lowest BCUT2D eigenvalue weighted by atomic mass is 9.86. The van der Waals surface area contributed by atoms with Crippen LogP contribution in [0.25, 0.3) is 11.8 Å². The lowest BCUT2D eigenvalue weighted by Gasteiger charge is -2.42. The molecule has 5 heteroatoms. The molecule has 0 aromatic heterocycles. The van der Waals surface area contributed by atoms with Crippen LogP contribution in [-0.2, 0) is 12.8 Å². The minimum atomic E-state index is 0.167. The van der Waals surface area contributed by atoms with Crippen molar-refractivity contribution in [1.29, 1.82) is 0 Å². The maximum absolute atomic E-state index is 6.39. The van der Waals surface area contributed by atoms with Crippen molar-refractivity contribution in [3.63, 3.8) is 0 Å². The van der Waals surface area contributed by atoms with E-state index in [4.69, 9.17) is 18.9 Å². The largest absolute Gasteiger partial charge is 0.493 e. The summed E-state index contributed by atoms with van der Waals surface area (Å²) >= 11 is 0. The zero-order valence-electron chi connectivity index (χ0n) is 19.0. The van der Waals surface area contributed by atoms with Gasteiger partial charge < -0.3 is 23.8 Å². The predicted octanol–water partition coefficient (Wildman–Crippen LogP) is 5.48. The van der Waals surface area contributed by atoms with Gasteiger partial charge >= 0.3 is 0 Å². The van der Waals surface area contributed by atoms with E-state index in [0.717, 1.165) is 42.4 Å². The molecule has 3 heterocycles. The van der Waals surface area contributed by atoms with E-state index in [1.54, 1.807) is 7.11 Å². The first-order chi connectivity index (χ1) is 16.2. The minimum absolute atomic E-state index is 0.167. The highest BCUT2D eigenvalue weighted by Gasteiger charge is 2.34.